The van der Waals surface area contributed by atoms with Crippen molar-refractivity contribution in [1.82, 2.24) is 5.32 Å². The van der Waals surface area contributed by atoms with Crippen LogP contribution in [0.4, 0.5) is 0 Å². The van der Waals surface area contributed by atoms with Gasteiger partial charge in [0.1, 0.15) is 0 Å². The van der Waals surface area contributed by atoms with Crippen LogP contribution in [0.25, 0.3) is 0 Å². The van der Waals surface area contributed by atoms with E-state index in [0.717, 1.165) is 27.9 Å². The Kier molecular flexibility index (Phi) is 8.71. The van der Waals surface area contributed by atoms with E-state index in [1.54, 1.807) is 0 Å². The van der Waals surface area contributed by atoms with Gasteiger partial charge >= 0.3 is 0 Å². The molecule has 1 atom stereocenters. The van der Waals surface area contributed by atoms with E-state index >= 15 is 0 Å². The Labute approximate surface area is 177 Å². The lowest BCUT2D eigenvalue weighted by Gasteiger charge is -2.26. The number of aliphatic hydroxyl groups is 1. The molecule has 0 aromatic heterocycles. The molecule has 0 aliphatic carbocycles. The molecule has 0 spiro atoms. The van der Waals surface area contributed by atoms with E-state index in [0.29, 0.717) is 19.3 Å². The van der Waals surface area contributed by atoms with E-state index in [1.165, 1.54) is 0 Å². The summed E-state index contributed by atoms with van der Waals surface area (Å²) in [4.78, 5) is 12.9. The lowest BCUT2D eigenvalue weighted by atomic mass is 9.84. The van der Waals surface area contributed by atoms with Gasteiger partial charge in [0.15, 0.2) is 0 Å². The fraction of sp³-hybridized carbons (Fsp3) is 0.417. The fourth-order valence-corrected chi connectivity index (χ4v) is 3.37. The Morgan fingerprint density at radius 1 is 1.04 bits per heavy atom. The highest BCUT2D eigenvalue weighted by atomic mass is 79.9. The molecule has 0 bridgehead atoms. The van der Waals surface area contributed by atoms with Crippen molar-refractivity contribution in [3.05, 3.63) is 76.1 Å². The zero-order chi connectivity index (χ0) is 20.6. The minimum Gasteiger partial charge on any atom is -0.391 e. The predicted octanol–water partition coefficient (Wildman–Crippen LogP) is 5.11. The Balaban J connectivity index is 2.02. The first-order chi connectivity index (χ1) is 13.3. The van der Waals surface area contributed by atoms with Crippen molar-refractivity contribution in [1.29, 1.82) is 0 Å². The van der Waals surface area contributed by atoms with Gasteiger partial charge < -0.3 is 10.4 Å². The van der Waals surface area contributed by atoms with E-state index in [1.807, 2.05) is 54.6 Å². The average Bonchev–Trinajstić information content (AvgIpc) is 2.68. The number of rotatable bonds is 10. The first-order valence-corrected chi connectivity index (χ1v) is 10.7. The number of halogens is 1. The van der Waals surface area contributed by atoms with Gasteiger partial charge in [-0.05, 0) is 47.9 Å². The second-order valence-corrected chi connectivity index (χ2v) is 9.07. The monoisotopic (exact) mass is 444 g/mol. The molecule has 1 radical (unpaired) electrons. The smallest absolute Gasteiger partial charge is 0.228 e. The van der Waals surface area contributed by atoms with E-state index < -0.39 is 6.10 Å². The summed E-state index contributed by atoms with van der Waals surface area (Å²) in [5.41, 5.74) is 2.27. The summed E-state index contributed by atoms with van der Waals surface area (Å²) >= 11 is 3.45. The molecule has 0 aliphatic rings. The highest BCUT2D eigenvalue weighted by Crippen LogP contribution is 2.26. The number of hydrogen-bond acceptors (Lipinski definition) is 2. The second-order valence-electron chi connectivity index (χ2n) is 8.15. The summed E-state index contributed by atoms with van der Waals surface area (Å²) in [5.74, 6) is 0.718. The molecule has 0 heterocycles. The zero-order valence-corrected chi connectivity index (χ0v) is 18.6. The summed E-state index contributed by atoms with van der Waals surface area (Å²) in [6, 6.07) is 18.1. The van der Waals surface area contributed by atoms with Crippen molar-refractivity contribution in [3.63, 3.8) is 0 Å². The Morgan fingerprint density at radius 3 is 2.18 bits per heavy atom. The maximum absolute atomic E-state index is 12.9. The van der Waals surface area contributed by atoms with Crippen molar-refractivity contribution in [2.75, 3.05) is 6.54 Å². The number of amides is 1. The maximum atomic E-state index is 12.9. The van der Waals surface area contributed by atoms with Gasteiger partial charge in [-0.3, -0.25) is 4.79 Å². The first-order valence-electron chi connectivity index (χ1n) is 9.88. The fourth-order valence-electron chi connectivity index (χ4n) is 3.10. The van der Waals surface area contributed by atoms with Gasteiger partial charge in [-0.1, -0.05) is 85.6 Å². The van der Waals surface area contributed by atoms with E-state index in [2.05, 4.69) is 42.0 Å². The standard InChI is InChI=1S/C24H31BrNO2/c1-4-24(2,3)16-22(27)17-26-23(28)20(14-18-8-6-5-7-9-18)15-19-10-12-21(25)13-11-19/h5-13,22,27H,4,14-17H2,1-3H3,(H,26,28). The molecule has 3 nitrogen and oxygen atoms in total. The normalized spacial score (nSPS) is 12.8. The van der Waals surface area contributed by atoms with Crippen molar-refractivity contribution in [3.8, 4) is 0 Å². The first kappa shape index (κ1) is 22.6. The van der Waals surface area contributed by atoms with Crippen LogP contribution in [0, 0.1) is 11.3 Å². The molecule has 1 amide bonds. The molecule has 0 saturated carbocycles. The van der Waals surface area contributed by atoms with Gasteiger partial charge in [-0.2, -0.15) is 0 Å². The van der Waals surface area contributed by atoms with Gasteiger partial charge in [0, 0.05) is 11.0 Å². The number of carbonyl (C=O) groups excluding carboxylic acids is 1. The maximum Gasteiger partial charge on any atom is 0.228 e. The molecule has 2 N–H and O–H groups in total. The summed E-state index contributed by atoms with van der Waals surface area (Å²) in [5, 5.41) is 13.3. The molecular formula is C24H31BrNO2. The SMILES string of the molecule is CCC(C)(C)CC(O)CNC(=O)[C](Cc1ccccc1)Cc1ccc(Br)cc1. The summed E-state index contributed by atoms with van der Waals surface area (Å²) in [6.45, 7) is 6.67. The van der Waals surface area contributed by atoms with Gasteiger partial charge in [-0.15, -0.1) is 0 Å². The minimum atomic E-state index is -0.537. The van der Waals surface area contributed by atoms with Crippen LogP contribution in [0.5, 0.6) is 0 Å². The van der Waals surface area contributed by atoms with Gasteiger partial charge in [-0.25, -0.2) is 0 Å². The van der Waals surface area contributed by atoms with Gasteiger partial charge in [0.2, 0.25) is 5.91 Å². The summed E-state index contributed by atoms with van der Waals surface area (Å²) < 4.78 is 1.02. The van der Waals surface area contributed by atoms with Gasteiger partial charge in [0.25, 0.3) is 0 Å². The molecule has 2 aromatic rings. The third-order valence-electron chi connectivity index (χ3n) is 5.16. The lowest BCUT2D eigenvalue weighted by Crippen LogP contribution is -2.38. The number of benzene rings is 2. The third-order valence-corrected chi connectivity index (χ3v) is 5.68. The quantitative estimate of drug-likeness (QED) is 0.534. The molecule has 2 aromatic carbocycles. The highest BCUT2D eigenvalue weighted by molar-refractivity contribution is 9.10. The van der Waals surface area contributed by atoms with Crippen LogP contribution in [0.1, 0.15) is 44.7 Å². The van der Waals surface area contributed by atoms with Crippen LogP contribution in [0.2, 0.25) is 0 Å². The molecule has 2 rings (SSSR count). The summed E-state index contributed by atoms with van der Waals surface area (Å²) in [7, 11) is 0. The lowest BCUT2D eigenvalue weighted by molar-refractivity contribution is -0.120. The summed E-state index contributed by atoms with van der Waals surface area (Å²) in [6.07, 6.45) is 2.31. The highest BCUT2D eigenvalue weighted by Gasteiger charge is 2.24. The Hall–Kier alpha value is -1.65. The van der Waals surface area contributed by atoms with Crippen molar-refractivity contribution in [2.45, 2.75) is 52.6 Å². The minimum absolute atomic E-state index is 0.0676. The van der Waals surface area contributed by atoms with Crippen LogP contribution in [-0.4, -0.2) is 23.7 Å². The van der Waals surface area contributed by atoms with Crippen molar-refractivity contribution < 1.29 is 9.90 Å². The zero-order valence-electron chi connectivity index (χ0n) is 17.0. The van der Waals surface area contributed by atoms with Crippen molar-refractivity contribution >= 4 is 21.8 Å². The molecular weight excluding hydrogens is 414 g/mol. The molecule has 4 heteroatoms. The van der Waals surface area contributed by atoms with Crippen LogP contribution < -0.4 is 5.32 Å². The second kappa shape index (κ2) is 10.8. The third kappa shape index (κ3) is 7.76. The number of hydrogen-bond donors (Lipinski definition) is 2. The number of aliphatic hydroxyl groups excluding tert-OH is 1. The average molecular weight is 445 g/mol. The molecule has 151 valence electrons. The van der Waals surface area contributed by atoms with Crippen molar-refractivity contribution in [2.24, 2.45) is 5.41 Å². The number of carbonyl (C=O) groups is 1. The van der Waals surface area contributed by atoms with Gasteiger partial charge in [0.05, 0.1) is 12.0 Å². The Morgan fingerprint density at radius 2 is 1.61 bits per heavy atom. The largest absolute Gasteiger partial charge is 0.391 e. The molecule has 0 aliphatic heterocycles. The van der Waals surface area contributed by atoms with E-state index in [4.69, 9.17) is 0 Å². The van der Waals surface area contributed by atoms with Crippen LogP contribution >= 0.6 is 15.9 Å². The van der Waals surface area contributed by atoms with E-state index in [-0.39, 0.29) is 17.9 Å². The predicted molar refractivity (Wildman–Crippen MR) is 119 cm³/mol. The molecule has 0 fully saturated rings. The Bertz CT molecular complexity index is 728. The molecule has 0 saturated heterocycles. The van der Waals surface area contributed by atoms with E-state index in [9.17, 15) is 9.90 Å². The van der Waals surface area contributed by atoms with Crippen LogP contribution in [-0.2, 0) is 17.6 Å². The van der Waals surface area contributed by atoms with Crippen LogP contribution in [0.3, 0.4) is 0 Å². The number of nitrogens with one attached hydrogen (secondary N) is 1. The molecule has 1 unspecified atom stereocenters. The van der Waals surface area contributed by atoms with Crippen LogP contribution in [0.15, 0.2) is 59.1 Å². The topological polar surface area (TPSA) is 49.3 Å². The molecule has 28 heavy (non-hydrogen) atoms.